The SMILES string of the molecule is FC(F)(F)CNc1cc(Br)ncn1. The summed E-state index contributed by atoms with van der Waals surface area (Å²) in [6.07, 6.45) is -3.07. The number of alkyl halides is 3. The minimum Gasteiger partial charge on any atom is -0.361 e. The van der Waals surface area contributed by atoms with Crippen LogP contribution in [0.15, 0.2) is 17.0 Å². The lowest BCUT2D eigenvalue weighted by Gasteiger charge is -2.07. The topological polar surface area (TPSA) is 37.8 Å². The van der Waals surface area contributed by atoms with Gasteiger partial charge in [-0.25, -0.2) is 9.97 Å². The van der Waals surface area contributed by atoms with Crippen molar-refractivity contribution in [3.8, 4) is 0 Å². The van der Waals surface area contributed by atoms with Crippen molar-refractivity contribution < 1.29 is 13.2 Å². The van der Waals surface area contributed by atoms with Gasteiger partial charge in [0.2, 0.25) is 0 Å². The molecule has 0 aliphatic heterocycles. The van der Waals surface area contributed by atoms with E-state index in [4.69, 9.17) is 0 Å². The number of anilines is 1. The highest BCUT2D eigenvalue weighted by atomic mass is 79.9. The van der Waals surface area contributed by atoms with Gasteiger partial charge in [0, 0.05) is 6.07 Å². The number of nitrogens with zero attached hydrogens (tertiary/aromatic N) is 2. The van der Waals surface area contributed by atoms with E-state index in [0.29, 0.717) is 4.60 Å². The molecule has 7 heteroatoms. The summed E-state index contributed by atoms with van der Waals surface area (Å²) < 4.78 is 35.6. The second-order valence-corrected chi connectivity index (χ2v) is 3.01. The summed E-state index contributed by atoms with van der Waals surface area (Å²) in [6.45, 7) is -1.10. The molecule has 0 aliphatic rings. The van der Waals surface area contributed by atoms with Crippen molar-refractivity contribution in [2.75, 3.05) is 11.9 Å². The number of aromatic nitrogens is 2. The standard InChI is InChI=1S/C6H5BrF3N3/c7-4-1-5(13-3-12-4)11-2-6(8,9)10/h1,3H,2H2,(H,11,12,13). The molecule has 1 heterocycles. The third kappa shape index (κ3) is 4.07. The minimum atomic E-state index is -4.24. The molecule has 0 saturated carbocycles. The Morgan fingerprint density at radius 3 is 2.62 bits per heavy atom. The lowest BCUT2D eigenvalue weighted by molar-refractivity contribution is -0.115. The third-order valence-corrected chi connectivity index (χ3v) is 1.54. The summed E-state index contributed by atoms with van der Waals surface area (Å²) in [6, 6.07) is 1.37. The van der Waals surface area contributed by atoms with Gasteiger partial charge in [-0.15, -0.1) is 0 Å². The molecule has 0 saturated heterocycles. The molecule has 0 aliphatic carbocycles. The van der Waals surface area contributed by atoms with Crippen molar-refractivity contribution in [2.24, 2.45) is 0 Å². The molecule has 0 atom stereocenters. The van der Waals surface area contributed by atoms with Crippen molar-refractivity contribution >= 4 is 21.7 Å². The van der Waals surface area contributed by atoms with Gasteiger partial charge in [0.1, 0.15) is 23.3 Å². The highest BCUT2D eigenvalue weighted by Crippen LogP contribution is 2.16. The summed E-state index contributed by atoms with van der Waals surface area (Å²) in [5, 5.41) is 2.12. The molecule has 0 amide bonds. The summed E-state index contributed by atoms with van der Waals surface area (Å²) in [7, 11) is 0. The lowest BCUT2D eigenvalue weighted by atomic mass is 10.5. The molecule has 0 aromatic carbocycles. The Balaban J connectivity index is 2.55. The highest BCUT2D eigenvalue weighted by Gasteiger charge is 2.26. The summed E-state index contributed by atoms with van der Waals surface area (Å²) in [5.74, 6) is 0.138. The van der Waals surface area contributed by atoms with Gasteiger partial charge in [-0.05, 0) is 15.9 Å². The van der Waals surface area contributed by atoms with Gasteiger partial charge in [0.15, 0.2) is 0 Å². The van der Waals surface area contributed by atoms with Crippen LogP contribution in [0.2, 0.25) is 0 Å². The van der Waals surface area contributed by atoms with Gasteiger partial charge >= 0.3 is 6.18 Å². The van der Waals surface area contributed by atoms with Gasteiger partial charge < -0.3 is 5.32 Å². The number of hydrogen-bond acceptors (Lipinski definition) is 3. The van der Waals surface area contributed by atoms with Crippen LogP contribution in [0.1, 0.15) is 0 Å². The summed E-state index contributed by atoms with van der Waals surface area (Å²) in [4.78, 5) is 7.26. The van der Waals surface area contributed by atoms with Crippen LogP contribution in [0.4, 0.5) is 19.0 Å². The van der Waals surface area contributed by atoms with Crippen LogP contribution in [0.5, 0.6) is 0 Å². The molecule has 0 fully saturated rings. The van der Waals surface area contributed by atoms with Gasteiger partial charge in [-0.3, -0.25) is 0 Å². The number of nitrogens with one attached hydrogen (secondary N) is 1. The molecular formula is C6H5BrF3N3. The largest absolute Gasteiger partial charge is 0.405 e. The lowest BCUT2D eigenvalue weighted by Crippen LogP contribution is -2.21. The van der Waals surface area contributed by atoms with E-state index in [1.54, 1.807) is 0 Å². The van der Waals surface area contributed by atoms with E-state index in [1.165, 1.54) is 12.4 Å². The molecule has 0 bridgehead atoms. The summed E-state index contributed by atoms with van der Waals surface area (Å²) in [5.41, 5.74) is 0. The first-order chi connectivity index (χ1) is 5.97. The Morgan fingerprint density at radius 1 is 1.38 bits per heavy atom. The maximum absolute atomic E-state index is 11.7. The minimum absolute atomic E-state index is 0.138. The van der Waals surface area contributed by atoms with Gasteiger partial charge in [0.05, 0.1) is 0 Å². The van der Waals surface area contributed by atoms with Crippen molar-refractivity contribution in [3.05, 3.63) is 17.0 Å². The fourth-order valence-electron chi connectivity index (χ4n) is 0.621. The Bertz CT molecular complexity index is 289. The van der Waals surface area contributed by atoms with Crippen LogP contribution in [-0.4, -0.2) is 22.7 Å². The fraction of sp³-hybridized carbons (Fsp3) is 0.333. The molecule has 0 radical (unpaired) electrons. The number of rotatable bonds is 2. The van der Waals surface area contributed by atoms with Crippen LogP contribution in [-0.2, 0) is 0 Å². The molecule has 72 valence electrons. The smallest absolute Gasteiger partial charge is 0.361 e. The Labute approximate surface area is 80.5 Å². The molecular weight excluding hydrogens is 251 g/mol. The first-order valence-corrected chi connectivity index (χ1v) is 4.05. The number of halogens is 4. The summed E-state index contributed by atoms with van der Waals surface area (Å²) >= 11 is 3.01. The second-order valence-electron chi connectivity index (χ2n) is 2.19. The molecule has 0 spiro atoms. The van der Waals surface area contributed by atoms with Crippen LogP contribution in [0, 0.1) is 0 Å². The molecule has 1 aromatic rings. The van der Waals surface area contributed by atoms with E-state index >= 15 is 0 Å². The molecule has 1 aromatic heterocycles. The average Bonchev–Trinajstić information content (AvgIpc) is 2.00. The average molecular weight is 256 g/mol. The predicted octanol–water partition coefficient (Wildman–Crippen LogP) is 2.21. The van der Waals surface area contributed by atoms with E-state index in [0.717, 1.165) is 0 Å². The van der Waals surface area contributed by atoms with Gasteiger partial charge in [0.25, 0.3) is 0 Å². The Kier molecular flexibility index (Phi) is 3.07. The zero-order chi connectivity index (χ0) is 9.90. The molecule has 3 nitrogen and oxygen atoms in total. The molecule has 13 heavy (non-hydrogen) atoms. The monoisotopic (exact) mass is 255 g/mol. The second kappa shape index (κ2) is 3.91. The zero-order valence-electron chi connectivity index (χ0n) is 6.27. The van der Waals surface area contributed by atoms with Gasteiger partial charge in [-0.2, -0.15) is 13.2 Å². The quantitative estimate of drug-likeness (QED) is 0.824. The first kappa shape index (κ1) is 10.2. The van der Waals surface area contributed by atoms with E-state index in [-0.39, 0.29) is 5.82 Å². The maximum Gasteiger partial charge on any atom is 0.405 e. The van der Waals surface area contributed by atoms with Crippen molar-refractivity contribution in [1.29, 1.82) is 0 Å². The van der Waals surface area contributed by atoms with Crippen molar-refractivity contribution in [2.45, 2.75) is 6.18 Å². The maximum atomic E-state index is 11.7. The van der Waals surface area contributed by atoms with Gasteiger partial charge in [-0.1, -0.05) is 0 Å². The predicted molar refractivity (Wildman–Crippen MR) is 44.3 cm³/mol. The first-order valence-electron chi connectivity index (χ1n) is 3.25. The van der Waals surface area contributed by atoms with Crippen molar-refractivity contribution in [1.82, 2.24) is 9.97 Å². The van der Waals surface area contributed by atoms with Crippen LogP contribution in [0.25, 0.3) is 0 Å². The Hall–Kier alpha value is -0.850. The zero-order valence-corrected chi connectivity index (χ0v) is 7.85. The van der Waals surface area contributed by atoms with Crippen LogP contribution in [0.3, 0.4) is 0 Å². The Morgan fingerprint density at radius 2 is 2.08 bits per heavy atom. The molecule has 1 rings (SSSR count). The van der Waals surface area contributed by atoms with E-state index in [9.17, 15) is 13.2 Å². The third-order valence-electron chi connectivity index (χ3n) is 1.10. The van der Waals surface area contributed by atoms with E-state index in [1.807, 2.05) is 0 Å². The van der Waals surface area contributed by atoms with Crippen LogP contribution < -0.4 is 5.32 Å². The van der Waals surface area contributed by atoms with Crippen molar-refractivity contribution in [3.63, 3.8) is 0 Å². The van der Waals surface area contributed by atoms with E-state index in [2.05, 4.69) is 31.2 Å². The normalized spacial score (nSPS) is 11.4. The highest BCUT2D eigenvalue weighted by molar-refractivity contribution is 9.10. The van der Waals surface area contributed by atoms with E-state index < -0.39 is 12.7 Å². The van der Waals surface area contributed by atoms with Crippen LogP contribution >= 0.6 is 15.9 Å². The fourth-order valence-corrected chi connectivity index (χ4v) is 0.929. The number of hydrogen-bond donors (Lipinski definition) is 1. The molecule has 1 N–H and O–H groups in total. The molecule has 0 unspecified atom stereocenters.